The van der Waals surface area contributed by atoms with Crippen LogP contribution in [0.5, 0.6) is 0 Å². The highest BCUT2D eigenvalue weighted by molar-refractivity contribution is 5.87. The van der Waals surface area contributed by atoms with Crippen molar-refractivity contribution in [3.63, 3.8) is 0 Å². The van der Waals surface area contributed by atoms with Crippen LogP contribution in [0.2, 0.25) is 0 Å². The number of aryl methyl sites for hydroxylation is 1. The Bertz CT molecular complexity index is 439. The van der Waals surface area contributed by atoms with E-state index in [1.165, 1.54) is 12.1 Å². The highest BCUT2D eigenvalue weighted by Gasteiger charge is 2.30. The maximum Gasteiger partial charge on any atom is 0.242 e. The molecule has 0 bridgehead atoms. The number of rotatable bonds is 6. The van der Waals surface area contributed by atoms with Crippen LogP contribution in [-0.2, 0) is 4.79 Å². The largest absolute Gasteiger partial charge is 0.371 e. The normalized spacial score (nSPS) is 14.2. The van der Waals surface area contributed by atoms with E-state index in [9.17, 15) is 9.18 Å². The number of benzene rings is 1. The molecule has 0 aliphatic rings. The molecule has 0 aliphatic carbocycles. The molecule has 1 rings (SSSR count). The van der Waals surface area contributed by atoms with Crippen LogP contribution in [0.15, 0.2) is 18.2 Å². The highest BCUT2D eigenvalue weighted by Crippen LogP contribution is 2.23. The lowest BCUT2D eigenvalue weighted by Crippen LogP contribution is -2.48. The maximum absolute atomic E-state index is 13.4. The minimum absolute atomic E-state index is 0.321. The SMILES string of the molecule is Cc1cc(F)cc(NC(C)(CCC(C)C)C(N)=O)c1. The molecule has 1 aromatic rings. The van der Waals surface area contributed by atoms with E-state index in [1.807, 2.05) is 6.92 Å². The number of hydrogen-bond acceptors (Lipinski definition) is 2. The van der Waals surface area contributed by atoms with E-state index in [1.54, 1.807) is 13.0 Å². The van der Waals surface area contributed by atoms with Crippen LogP contribution in [0.25, 0.3) is 0 Å². The van der Waals surface area contributed by atoms with E-state index in [4.69, 9.17) is 5.73 Å². The van der Waals surface area contributed by atoms with Crippen molar-refractivity contribution < 1.29 is 9.18 Å². The van der Waals surface area contributed by atoms with Gasteiger partial charge in [0.25, 0.3) is 0 Å². The van der Waals surface area contributed by atoms with Gasteiger partial charge in [0, 0.05) is 5.69 Å². The molecule has 0 saturated heterocycles. The zero-order valence-electron chi connectivity index (χ0n) is 12.1. The smallest absolute Gasteiger partial charge is 0.242 e. The molecule has 106 valence electrons. The van der Waals surface area contributed by atoms with Crippen LogP contribution in [0.3, 0.4) is 0 Å². The average Bonchev–Trinajstić information content (AvgIpc) is 2.24. The third-order valence-electron chi connectivity index (χ3n) is 3.23. The second kappa shape index (κ2) is 6.04. The zero-order chi connectivity index (χ0) is 14.6. The molecule has 19 heavy (non-hydrogen) atoms. The number of nitrogens with two attached hydrogens (primary N) is 1. The topological polar surface area (TPSA) is 55.1 Å². The molecule has 1 atom stereocenters. The summed E-state index contributed by atoms with van der Waals surface area (Å²) in [6.45, 7) is 7.75. The summed E-state index contributed by atoms with van der Waals surface area (Å²) in [5.74, 6) is -0.261. The van der Waals surface area contributed by atoms with Crippen LogP contribution in [-0.4, -0.2) is 11.4 Å². The van der Waals surface area contributed by atoms with Crippen molar-refractivity contribution in [2.75, 3.05) is 5.32 Å². The number of hydrogen-bond donors (Lipinski definition) is 2. The molecule has 4 heteroatoms. The minimum atomic E-state index is -0.857. The van der Waals surface area contributed by atoms with E-state index >= 15 is 0 Å². The Morgan fingerprint density at radius 1 is 1.42 bits per heavy atom. The number of halogens is 1. The molecular formula is C15H23FN2O. The van der Waals surface area contributed by atoms with Gasteiger partial charge in [-0.25, -0.2) is 4.39 Å². The van der Waals surface area contributed by atoms with Gasteiger partial charge in [-0.15, -0.1) is 0 Å². The lowest BCUT2D eigenvalue weighted by molar-refractivity contribution is -0.122. The van der Waals surface area contributed by atoms with Gasteiger partial charge in [-0.05, 0) is 56.4 Å². The summed E-state index contributed by atoms with van der Waals surface area (Å²) < 4.78 is 13.4. The van der Waals surface area contributed by atoms with Gasteiger partial charge in [-0.1, -0.05) is 13.8 Å². The Hall–Kier alpha value is -1.58. The van der Waals surface area contributed by atoms with Gasteiger partial charge >= 0.3 is 0 Å². The molecular weight excluding hydrogens is 243 g/mol. The lowest BCUT2D eigenvalue weighted by atomic mass is 9.91. The fourth-order valence-corrected chi connectivity index (χ4v) is 1.95. The van der Waals surface area contributed by atoms with Crippen LogP contribution in [0.4, 0.5) is 10.1 Å². The van der Waals surface area contributed by atoms with E-state index in [2.05, 4.69) is 19.2 Å². The Labute approximate surface area is 114 Å². The number of carbonyl (C=O) groups excluding carboxylic acids is 1. The number of primary amides is 1. The Morgan fingerprint density at radius 3 is 2.53 bits per heavy atom. The minimum Gasteiger partial charge on any atom is -0.371 e. The summed E-state index contributed by atoms with van der Waals surface area (Å²) >= 11 is 0. The monoisotopic (exact) mass is 266 g/mol. The predicted octanol–water partition coefficient (Wildman–Crippen LogP) is 3.23. The molecule has 3 nitrogen and oxygen atoms in total. The van der Waals surface area contributed by atoms with Crippen LogP contribution in [0.1, 0.15) is 39.2 Å². The van der Waals surface area contributed by atoms with Crippen LogP contribution >= 0.6 is 0 Å². The summed E-state index contributed by atoms with van der Waals surface area (Å²) in [7, 11) is 0. The predicted molar refractivity (Wildman–Crippen MR) is 76.4 cm³/mol. The quantitative estimate of drug-likeness (QED) is 0.830. The summed E-state index contributed by atoms with van der Waals surface area (Å²) in [5.41, 5.74) is 6.02. The van der Waals surface area contributed by atoms with Crippen molar-refractivity contribution in [3.8, 4) is 0 Å². The molecule has 0 saturated carbocycles. The van der Waals surface area contributed by atoms with Gasteiger partial charge in [0.15, 0.2) is 0 Å². The third-order valence-corrected chi connectivity index (χ3v) is 3.23. The number of nitrogens with one attached hydrogen (secondary N) is 1. The van der Waals surface area contributed by atoms with Crippen LogP contribution < -0.4 is 11.1 Å². The fraction of sp³-hybridized carbons (Fsp3) is 0.533. The second-order valence-electron chi connectivity index (χ2n) is 5.77. The maximum atomic E-state index is 13.4. The lowest BCUT2D eigenvalue weighted by Gasteiger charge is -2.29. The van der Waals surface area contributed by atoms with E-state index in [0.29, 0.717) is 18.0 Å². The molecule has 0 aromatic heterocycles. The second-order valence-corrected chi connectivity index (χ2v) is 5.77. The Kier molecular flexibility index (Phi) is 4.92. The first kappa shape index (κ1) is 15.5. The van der Waals surface area contributed by atoms with E-state index < -0.39 is 11.4 Å². The first-order chi connectivity index (χ1) is 8.73. The highest BCUT2D eigenvalue weighted by atomic mass is 19.1. The Balaban J connectivity index is 2.91. The van der Waals surface area contributed by atoms with Gasteiger partial charge in [0.2, 0.25) is 5.91 Å². The van der Waals surface area contributed by atoms with E-state index in [-0.39, 0.29) is 5.82 Å². The summed E-state index contributed by atoms with van der Waals surface area (Å²) in [4.78, 5) is 11.7. The van der Waals surface area contributed by atoms with Crippen molar-refractivity contribution in [2.24, 2.45) is 11.7 Å². The van der Waals surface area contributed by atoms with Crippen molar-refractivity contribution in [1.29, 1.82) is 0 Å². The number of carbonyl (C=O) groups is 1. The molecule has 0 radical (unpaired) electrons. The zero-order valence-corrected chi connectivity index (χ0v) is 12.1. The molecule has 0 heterocycles. The van der Waals surface area contributed by atoms with Gasteiger partial charge in [-0.2, -0.15) is 0 Å². The van der Waals surface area contributed by atoms with Gasteiger partial charge < -0.3 is 11.1 Å². The first-order valence-corrected chi connectivity index (χ1v) is 6.58. The molecule has 1 aromatic carbocycles. The van der Waals surface area contributed by atoms with Gasteiger partial charge in [-0.3, -0.25) is 4.79 Å². The molecule has 1 unspecified atom stereocenters. The first-order valence-electron chi connectivity index (χ1n) is 6.58. The van der Waals surface area contributed by atoms with Crippen molar-refractivity contribution in [3.05, 3.63) is 29.6 Å². The molecule has 1 amide bonds. The van der Waals surface area contributed by atoms with Gasteiger partial charge in [0.1, 0.15) is 11.4 Å². The fourth-order valence-electron chi connectivity index (χ4n) is 1.95. The summed E-state index contributed by atoms with van der Waals surface area (Å²) in [6, 6.07) is 4.63. The number of amides is 1. The average molecular weight is 266 g/mol. The Morgan fingerprint density at radius 2 is 2.05 bits per heavy atom. The van der Waals surface area contributed by atoms with E-state index in [0.717, 1.165) is 12.0 Å². The molecule has 0 spiro atoms. The van der Waals surface area contributed by atoms with Crippen molar-refractivity contribution in [2.45, 2.75) is 46.1 Å². The van der Waals surface area contributed by atoms with Crippen LogP contribution in [0, 0.1) is 18.7 Å². The standard InChI is InChI=1S/C15H23FN2O/c1-10(2)5-6-15(4,14(17)19)18-13-8-11(3)7-12(16)9-13/h7-10,18H,5-6H2,1-4H3,(H2,17,19). The third kappa shape index (κ3) is 4.54. The van der Waals surface area contributed by atoms with Crippen molar-refractivity contribution in [1.82, 2.24) is 0 Å². The van der Waals surface area contributed by atoms with Crippen molar-refractivity contribution >= 4 is 11.6 Å². The molecule has 3 N–H and O–H groups in total. The van der Waals surface area contributed by atoms with Gasteiger partial charge in [0.05, 0.1) is 0 Å². The summed E-state index contributed by atoms with van der Waals surface area (Å²) in [5, 5.41) is 3.08. The molecule has 0 fully saturated rings. The summed E-state index contributed by atoms with van der Waals surface area (Å²) in [6.07, 6.45) is 1.50. The number of anilines is 1. The molecule has 0 aliphatic heterocycles.